The fraction of sp³-hybridized carbons (Fsp3) is 0.414. The molecule has 4 heterocycles. The van der Waals surface area contributed by atoms with Crippen molar-refractivity contribution in [1.29, 1.82) is 0 Å². The van der Waals surface area contributed by atoms with Gasteiger partial charge in [-0.2, -0.15) is 0 Å². The van der Waals surface area contributed by atoms with E-state index in [9.17, 15) is 27.5 Å². The Balaban J connectivity index is 1.10. The molecule has 2 saturated heterocycles. The van der Waals surface area contributed by atoms with Gasteiger partial charge in [-0.25, -0.2) is 14.2 Å². The molecule has 0 spiro atoms. The number of carboxylic acids is 1. The lowest BCUT2D eigenvalue weighted by atomic mass is 9.78. The normalized spacial score (nSPS) is 22.2. The van der Waals surface area contributed by atoms with Crippen LogP contribution in [0.2, 0.25) is 0 Å². The van der Waals surface area contributed by atoms with E-state index < -0.39 is 18.1 Å². The molecule has 2 aromatic carbocycles. The fourth-order valence-electron chi connectivity index (χ4n) is 6.13. The topological polar surface area (TPSA) is 97.9 Å². The Kier molecular flexibility index (Phi) is 6.61. The largest absolute Gasteiger partial charge is 0.573 e. The number of carboxylic acid groups (broad SMARTS) is 1. The van der Waals surface area contributed by atoms with Crippen LogP contribution in [0, 0.1) is 11.7 Å². The van der Waals surface area contributed by atoms with Crippen molar-refractivity contribution in [2.75, 3.05) is 11.4 Å². The molecule has 4 fully saturated rings. The van der Waals surface area contributed by atoms with Crippen LogP contribution in [0.4, 0.5) is 22.7 Å². The highest BCUT2D eigenvalue weighted by Crippen LogP contribution is 2.47. The zero-order valence-corrected chi connectivity index (χ0v) is 22.9. The van der Waals surface area contributed by atoms with E-state index >= 15 is 0 Å². The number of rotatable bonds is 8. The molecular weight excluding hydrogens is 578 g/mol. The molecule has 8 nitrogen and oxygen atoms in total. The third-order valence-electron chi connectivity index (χ3n) is 8.28. The van der Waals surface area contributed by atoms with Crippen LogP contribution in [0.5, 0.6) is 5.75 Å². The number of anilines is 1. The van der Waals surface area contributed by atoms with Crippen molar-refractivity contribution in [1.82, 2.24) is 10.1 Å². The number of fused-ring (bicyclic) bond motifs is 4. The Morgan fingerprint density at radius 3 is 2.69 bits per heavy atom. The quantitative estimate of drug-likeness (QED) is 0.212. The van der Waals surface area contributed by atoms with E-state index in [4.69, 9.17) is 9.26 Å². The fourth-order valence-corrected chi connectivity index (χ4v) is 7.23. The second-order valence-electron chi connectivity index (χ2n) is 11.0. The predicted octanol–water partition coefficient (Wildman–Crippen LogP) is 7.14. The molecule has 3 atom stereocenters. The third-order valence-corrected chi connectivity index (χ3v) is 9.32. The van der Waals surface area contributed by atoms with Crippen LogP contribution in [0.1, 0.15) is 59.7 Å². The van der Waals surface area contributed by atoms with Gasteiger partial charge in [0.15, 0.2) is 10.9 Å². The van der Waals surface area contributed by atoms with Crippen molar-refractivity contribution >= 4 is 32.7 Å². The van der Waals surface area contributed by atoms with Gasteiger partial charge in [-0.3, -0.25) is 0 Å². The van der Waals surface area contributed by atoms with Crippen LogP contribution >= 0.6 is 11.3 Å². The summed E-state index contributed by atoms with van der Waals surface area (Å²) in [6.45, 7) is 0.792. The van der Waals surface area contributed by atoms with E-state index in [1.54, 1.807) is 6.07 Å². The molecular formula is C29H25F4N3O5S. The molecule has 0 amide bonds. The molecule has 0 unspecified atom stereocenters. The Hall–Kier alpha value is -3.71. The van der Waals surface area contributed by atoms with Gasteiger partial charge in [-0.15, -0.1) is 13.2 Å². The minimum absolute atomic E-state index is 0.0961. The number of hydrogen-bond donors (Lipinski definition) is 1. The lowest BCUT2D eigenvalue weighted by molar-refractivity contribution is -0.274. The first-order chi connectivity index (χ1) is 20.1. The summed E-state index contributed by atoms with van der Waals surface area (Å²) in [7, 11) is 0. The summed E-state index contributed by atoms with van der Waals surface area (Å²) in [5.74, 6) is -1.23. The van der Waals surface area contributed by atoms with E-state index in [1.807, 2.05) is 0 Å². The number of ether oxygens (including phenoxy) is 2. The maximum Gasteiger partial charge on any atom is 0.573 e. The number of carbonyl (C=O) groups is 1. The predicted molar refractivity (Wildman–Crippen MR) is 144 cm³/mol. The van der Waals surface area contributed by atoms with Crippen LogP contribution in [-0.4, -0.2) is 46.3 Å². The lowest BCUT2D eigenvalue weighted by Gasteiger charge is -2.49. The molecule has 2 aliphatic carbocycles. The number of aromatic nitrogens is 2. The van der Waals surface area contributed by atoms with Crippen molar-refractivity contribution in [3.8, 4) is 17.0 Å². The van der Waals surface area contributed by atoms with Gasteiger partial charge in [0.2, 0.25) is 0 Å². The molecule has 2 saturated carbocycles. The van der Waals surface area contributed by atoms with Gasteiger partial charge in [0.25, 0.3) is 0 Å². The number of aromatic carboxylic acids is 1. The maximum absolute atomic E-state index is 14.6. The summed E-state index contributed by atoms with van der Waals surface area (Å²) >= 11 is 1.28. The van der Waals surface area contributed by atoms with Gasteiger partial charge in [0.1, 0.15) is 22.7 Å². The molecule has 2 aliphatic heterocycles. The van der Waals surface area contributed by atoms with E-state index in [1.165, 1.54) is 35.6 Å². The molecule has 2 bridgehead atoms. The van der Waals surface area contributed by atoms with Gasteiger partial charge in [-0.05, 0) is 56.4 Å². The Morgan fingerprint density at radius 2 is 1.98 bits per heavy atom. The zero-order chi connectivity index (χ0) is 29.2. The highest BCUT2D eigenvalue weighted by atomic mass is 32.1. The monoisotopic (exact) mass is 603 g/mol. The summed E-state index contributed by atoms with van der Waals surface area (Å²) in [5.41, 5.74) is 1.17. The zero-order valence-electron chi connectivity index (χ0n) is 22.1. The summed E-state index contributed by atoms with van der Waals surface area (Å²) in [4.78, 5) is 18.0. The van der Waals surface area contributed by atoms with E-state index in [0.29, 0.717) is 34.1 Å². The Labute approximate surface area is 240 Å². The highest BCUT2D eigenvalue weighted by Gasteiger charge is 2.43. The number of alkyl halides is 3. The van der Waals surface area contributed by atoms with Gasteiger partial charge in [0.05, 0.1) is 23.0 Å². The van der Waals surface area contributed by atoms with Crippen LogP contribution < -0.4 is 9.64 Å². The minimum Gasteiger partial charge on any atom is -0.478 e. The van der Waals surface area contributed by atoms with Crippen LogP contribution in [0.25, 0.3) is 21.5 Å². The molecule has 8 rings (SSSR count). The number of benzene rings is 2. The number of para-hydroxylation sites is 1. The highest BCUT2D eigenvalue weighted by molar-refractivity contribution is 7.22. The van der Waals surface area contributed by atoms with Crippen molar-refractivity contribution in [2.45, 2.75) is 63.1 Å². The molecule has 0 radical (unpaired) electrons. The molecule has 220 valence electrons. The van der Waals surface area contributed by atoms with Crippen LogP contribution in [0.15, 0.2) is 40.9 Å². The SMILES string of the molecule is O=C(O)c1cc(F)c2nc(N3C[C@H]4CC[C@@H]3C[C@@H]4OCc3c(-c4ccccc4OC(F)(F)F)noc3C3CC3)sc2c1. The first kappa shape index (κ1) is 27.1. The number of halogens is 4. The third kappa shape index (κ3) is 5.08. The summed E-state index contributed by atoms with van der Waals surface area (Å²) in [6, 6.07) is 8.42. The Bertz CT molecular complexity index is 1670. The summed E-state index contributed by atoms with van der Waals surface area (Å²) in [6.07, 6.45) is -0.557. The van der Waals surface area contributed by atoms with E-state index in [0.717, 1.165) is 31.7 Å². The molecule has 4 aromatic rings. The Morgan fingerprint density at radius 1 is 1.17 bits per heavy atom. The second kappa shape index (κ2) is 10.2. The number of thiazole rings is 1. The van der Waals surface area contributed by atoms with Crippen molar-refractivity contribution in [3.05, 3.63) is 59.1 Å². The standard InChI is InChI=1S/C29H25F4N3O5S/c30-20-9-16(27(37)38)10-23-25(20)34-28(42-23)36-12-15-7-8-17(36)11-22(15)39-13-19-24(35-41-26(19)14-5-6-14)18-3-1-2-4-21(18)40-29(31,32)33/h1-4,9-10,14-15,17,22H,5-8,11-13H2,(H,37,38)/t15-,17-,22+/m1/s1. The molecule has 2 aromatic heterocycles. The smallest absolute Gasteiger partial charge is 0.478 e. The molecule has 4 aliphatic rings. The van der Waals surface area contributed by atoms with Gasteiger partial charge in [0, 0.05) is 35.5 Å². The van der Waals surface area contributed by atoms with E-state index in [2.05, 4.69) is 19.8 Å². The number of nitrogens with zero attached hydrogens (tertiary/aromatic N) is 3. The van der Waals surface area contributed by atoms with Gasteiger partial charge in [-0.1, -0.05) is 28.6 Å². The first-order valence-corrected chi connectivity index (χ1v) is 14.5. The van der Waals surface area contributed by atoms with Crippen molar-refractivity contribution in [2.24, 2.45) is 5.92 Å². The summed E-state index contributed by atoms with van der Waals surface area (Å²) in [5, 5.41) is 14.1. The summed E-state index contributed by atoms with van der Waals surface area (Å²) < 4.78 is 70.8. The lowest BCUT2D eigenvalue weighted by Crippen LogP contribution is -2.55. The minimum atomic E-state index is -4.85. The number of piperidine rings is 2. The van der Waals surface area contributed by atoms with Gasteiger partial charge >= 0.3 is 12.3 Å². The number of hydrogen-bond acceptors (Lipinski definition) is 8. The van der Waals surface area contributed by atoms with Crippen molar-refractivity contribution < 1.29 is 41.5 Å². The van der Waals surface area contributed by atoms with Gasteiger partial charge < -0.3 is 24.0 Å². The average molecular weight is 604 g/mol. The molecule has 13 heteroatoms. The van der Waals surface area contributed by atoms with E-state index in [-0.39, 0.29) is 58.7 Å². The van der Waals surface area contributed by atoms with Crippen LogP contribution in [-0.2, 0) is 11.3 Å². The second-order valence-corrected chi connectivity index (χ2v) is 12.0. The van der Waals surface area contributed by atoms with Crippen LogP contribution in [0.3, 0.4) is 0 Å². The average Bonchev–Trinajstić information content (AvgIpc) is 3.56. The molecule has 1 N–H and O–H groups in total. The molecule has 42 heavy (non-hydrogen) atoms. The first-order valence-electron chi connectivity index (χ1n) is 13.7. The maximum atomic E-state index is 14.6. The van der Waals surface area contributed by atoms with Crippen molar-refractivity contribution in [3.63, 3.8) is 0 Å².